The third-order valence-electron chi connectivity index (χ3n) is 3.14. The van der Waals surface area contributed by atoms with Gasteiger partial charge >= 0.3 is 12.1 Å². The molecule has 0 spiro atoms. The van der Waals surface area contributed by atoms with Crippen molar-refractivity contribution < 1.29 is 23.1 Å². The highest BCUT2D eigenvalue weighted by atomic mass is 35.5. The molecule has 19 heavy (non-hydrogen) atoms. The van der Waals surface area contributed by atoms with Gasteiger partial charge in [-0.05, 0) is 19.4 Å². The lowest BCUT2D eigenvalue weighted by molar-refractivity contribution is -0.147. The van der Waals surface area contributed by atoms with Crippen molar-refractivity contribution in [1.82, 2.24) is 9.80 Å². The summed E-state index contributed by atoms with van der Waals surface area (Å²) in [6, 6.07) is -0.587. The second kappa shape index (κ2) is 7.91. The van der Waals surface area contributed by atoms with Gasteiger partial charge in [0.05, 0.1) is 6.54 Å². The summed E-state index contributed by atoms with van der Waals surface area (Å²) in [6.45, 7) is 2.41. The van der Waals surface area contributed by atoms with E-state index in [1.807, 2.05) is 0 Å². The second-order valence-corrected chi connectivity index (χ2v) is 4.54. The summed E-state index contributed by atoms with van der Waals surface area (Å²) < 4.78 is 36.8. The lowest BCUT2D eigenvalue weighted by Gasteiger charge is -2.26. The lowest BCUT2D eigenvalue weighted by atomic mass is 10.2. The Hall–Kier alpha value is -0.530. The van der Waals surface area contributed by atoms with E-state index in [0.29, 0.717) is 32.5 Å². The van der Waals surface area contributed by atoms with E-state index in [9.17, 15) is 18.0 Å². The molecule has 1 heterocycles. The molecule has 1 atom stereocenters. The number of carbonyl (C=O) groups is 1. The molecule has 0 bridgehead atoms. The smallest absolute Gasteiger partial charge is 0.401 e. The topological polar surface area (TPSA) is 43.8 Å². The molecule has 1 aliphatic rings. The quantitative estimate of drug-likeness (QED) is 0.861. The second-order valence-electron chi connectivity index (χ2n) is 4.54. The maximum absolute atomic E-state index is 12.3. The van der Waals surface area contributed by atoms with Crippen LogP contribution in [0.5, 0.6) is 0 Å². The number of hydrogen-bond donors (Lipinski definition) is 1. The van der Waals surface area contributed by atoms with Crippen LogP contribution in [0.2, 0.25) is 0 Å². The van der Waals surface area contributed by atoms with Gasteiger partial charge in [-0.3, -0.25) is 14.6 Å². The van der Waals surface area contributed by atoms with Gasteiger partial charge in [0.15, 0.2) is 0 Å². The first-order valence-electron chi connectivity index (χ1n) is 6.09. The molecule has 0 saturated carbocycles. The first-order valence-corrected chi connectivity index (χ1v) is 6.09. The zero-order valence-corrected chi connectivity index (χ0v) is 11.6. The number of halogens is 4. The predicted octanol–water partition coefficient (Wildman–Crippen LogP) is 1.84. The Kier molecular flexibility index (Phi) is 7.69. The third kappa shape index (κ3) is 6.44. The highest BCUT2D eigenvalue weighted by molar-refractivity contribution is 5.85. The minimum Gasteiger partial charge on any atom is -0.480 e. The molecular weight excluding hydrogens is 285 g/mol. The van der Waals surface area contributed by atoms with Gasteiger partial charge in [0.1, 0.15) is 6.04 Å². The molecule has 1 N–H and O–H groups in total. The summed E-state index contributed by atoms with van der Waals surface area (Å²) in [6.07, 6.45) is -3.15. The Morgan fingerprint density at radius 3 is 2.37 bits per heavy atom. The van der Waals surface area contributed by atoms with Crippen LogP contribution >= 0.6 is 12.4 Å². The molecule has 4 nitrogen and oxygen atoms in total. The average molecular weight is 305 g/mol. The van der Waals surface area contributed by atoms with Crippen molar-refractivity contribution in [2.45, 2.75) is 32.0 Å². The summed E-state index contributed by atoms with van der Waals surface area (Å²) in [5.41, 5.74) is 0. The number of carboxylic acid groups (broad SMARTS) is 1. The lowest BCUT2D eigenvalue weighted by Crippen LogP contribution is -2.43. The molecular formula is C11H20ClF3N2O2. The fourth-order valence-corrected chi connectivity index (χ4v) is 2.30. The van der Waals surface area contributed by atoms with E-state index in [2.05, 4.69) is 0 Å². The maximum Gasteiger partial charge on any atom is 0.401 e. The van der Waals surface area contributed by atoms with Gasteiger partial charge in [-0.15, -0.1) is 12.4 Å². The van der Waals surface area contributed by atoms with E-state index in [1.54, 1.807) is 11.8 Å². The zero-order valence-electron chi connectivity index (χ0n) is 10.8. The van der Waals surface area contributed by atoms with E-state index < -0.39 is 24.7 Å². The van der Waals surface area contributed by atoms with Crippen molar-refractivity contribution >= 4 is 18.4 Å². The van der Waals surface area contributed by atoms with Gasteiger partial charge < -0.3 is 5.11 Å². The third-order valence-corrected chi connectivity index (χ3v) is 3.14. The average Bonchev–Trinajstić information content (AvgIpc) is 2.42. The van der Waals surface area contributed by atoms with Crippen LogP contribution in [0, 0.1) is 0 Å². The Morgan fingerprint density at radius 2 is 1.89 bits per heavy atom. The van der Waals surface area contributed by atoms with Crippen molar-refractivity contribution in [3.63, 3.8) is 0 Å². The van der Waals surface area contributed by atoms with Gasteiger partial charge in [-0.25, -0.2) is 0 Å². The van der Waals surface area contributed by atoms with E-state index >= 15 is 0 Å². The first kappa shape index (κ1) is 18.5. The van der Waals surface area contributed by atoms with Crippen LogP contribution in [0.1, 0.15) is 19.8 Å². The van der Waals surface area contributed by atoms with Gasteiger partial charge in [0.2, 0.25) is 0 Å². The first-order chi connectivity index (χ1) is 8.33. The molecule has 0 aromatic carbocycles. The molecule has 0 radical (unpaired) electrons. The van der Waals surface area contributed by atoms with E-state index in [-0.39, 0.29) is 19.0 Å². The SMILES string of the molecule is CCC(C(=O)O)N1CCCN(CC(F)(F)F)CC1.Cl. The summed E-state index contributed by atoms with van der Waals surface area (Å²) >= 11 is 0. The van der Waals surface area contributed by atoms with Crippen molar-refractivity contribution in [2.24, 2.45) is 0 Å². The van der Waals surface area contributed by atoms with Crippen LogP contribution in [0.25, 0.3) is 0 Å². The molecule has 114 valence electrons. The van der Waals surface area contributed by atoms with E-state index in [4.69, 9.17) is 5.11 Å². The molecule has 0 amide bonds. The maximum atomic E-state index is 12.3. The van der Waals surface area contributed by atoms with Gasteiger partial charge in [-0.1, -0.05) is 6.92 Å². The molecule has 0 aromatic rings. The monoisotopic (exact) mass is 304 g/mol. The Bertz CT molecular complexity index is 290. The molecule has 0 aliphatic carbocycles. The molecule has 1 aliphatic heterocycles. The number of aliphatic carboxylic acids is 1. The van der Waals surface area contributed by atoms with Crippen LogP contribution in [0.3, 0.4) is 0 Å². The van der Waals surface area contributed by atoms with Crippen molar-refractivity contribution in [1.29, 1.82) is 0 Å². The Morgan fingerprint density at radius 1 is 1.26 bits per heavy atom. The van der Waals surface area contributed by atoms with Gasteiger partial charge in [0.25, 0.3) is 0 Å². The largest absolute Gasteiger partial charge is 0.480 e. The molecule has 1 unspecified atom stereocenters. The van der Waals surface area contributed by atoms with Crippen molar-refractivity contribution in [2.75, 3.05) is 32.7 Å². The fraction of sp³-hybridized carbons (Fsp3) is 0.909. The van der Waals surface area contributed by atoms with Crippen molar-refractivity contribution in [3.05, 3.63) is 0 Å². The summed E-state index contributed by atoms with van der Waals surface area (Å²) in [7, 11) is 0. The molecule has 0 aromatic heterocycles. The number of rotatable bonds is 4. The number of alkyl halides is 3. The van der Waals surface area contributed by atoms with Crippen molar-refractivity contribution in [3.8, 4) is 0 Å². The highest BCUT2D eigenvalue weighted by Gasteiger charge is 2.32. The molecule has 1 fully saturated rings. The zero-order chi connectivity index (χ0) is 13.8. The van der Waals surface area contributed by atoms with Gasteiger partial charge in [0, 0.05) is 19.6 Å². The number of carboxylic acids is 1. The van der Waals surface area contributed by atoms with E-state index in [0.717, 1.165) is 0 Å². The van der Waals surface area contributed by atoms with E-state index in [1.165, 1.54) is 4.90 Å². The standard InChI is InChI=1S/C11H19F3N2O2.ClH/c1-2-9(10(17)18)16-5-3-4-15(6-7-16)8-11(12,13)14;/h9H,2-8H2,1H3,(H,17,18);1H. The van der Waals surface area contributed by atoms with Crippen LogP contribution in [0.15, 0.2) is 0 Å². The number of hydrogen-bond acceptors (Lipinski definition) is 3. The summed E-state index contributed by atoms with van der Waals surface area (Å²) in [4.78, 5) is 14.1. The Labute approximate surface area is 117 Å². The predicted molar refractivity (Wildman–Crippen MR) is 67.6 cm³/mol. The molecule has 1 saturated heterocycles. The van der Waals surface area contributed by atoms with Crippen LogP contribution in [0.4, 0.5) is 13.2 Å². The highest BCUT2D eigenvalue weighted by Crippen LogP contribution is 2.18. The fourth-order valence-electron chi connectivity index (χ4n) is 2.30. The molecule has 8 heteroatoms. The number of nitrogens with zero attached hydrogens (tertiary/aromatic N) is 2. The van der Waals surface area contributed by atoms with Crippen LogP contribution in [-0.2, 0) is 4.79 Å². The normalized spacial score (nSPS) is 20.4. The van der Waals surface area contributed by atoms with Crippen LogP contribution < -0.4 is 0 Å². The van der Waals surface area contributed by atoms with Gasteiger partial charge in [-0.2, -0.15) is 13.2 Å². The summed E-state index contributed by atoms with van der Waals surface area (Å²) in [5.74, 6) is -0.901. The summed E-state index contributed by atoms with van der Waals surface area (Å²) in [5, 5.41) is 9.03. The molecule has 1 rings (SSSR count). The minimum absolute atomic E-state index is 0. The Balaban J connectivity index is 0.00000324. The minimum atomic E-state index is -4.19. The van der Waals surface area contributed by atoms with Crippen LogP contribution in [-0.4, -0.2) is 65.8 Å².